The first kappa shape index (κ1) is 16.0. The summed E-state index contributed by atoms with van der Waals surface area (Å²) < 4.78 is 40.3. The lowest BCUT2D eigenvalue weighted by Gasteiger charge is -2.10. The van der Waals surface area contributed by atoms with Crippen LogP contribution in [0.1, 0.15) is 19.5 Å². The van der Waals surface area contributed by atoms with Gasteiger partial charge in [-0.05, 0) is 17.5 Å². The molecular weight excluding hydrogens is 283 g/mol. The van der Waals surface area contributed by atoms with Crippen molar-refractivity contribution >= 4 is 17.4 Å². The van der Waals surface area contributed by atoms with E-state index in [1.54, 1.807) is 0 Å². The van der Waals surface area contributed by atoms with Gasteiger partial charge in [0.1, 0.15) is 12.4 Å². The van der Waals surface area contributed by atoms with Crippen molar-refractivity contribution in [3.05, 3.63) is 17.0 Å². The molecule has 0 bridgehead atoms. The van der Waals surface area contributed by atoms with Crippen LogP contribution in [0.2, 0.25) is 5.28 Å². The van der Waals surface area contributed by atoms with Crippen LogP contribution in [0.4, 0.5) is 19.0 Å². The first-order valence-corrected chi connectivity index (χ1v) is 6.06. The summed E-state index contributed by atoms with van der Waals surface area (Å²) >= 11 is 5.69. The number of nitrogens with zero attached hydrogens (tertiary/aromatic N) is 2. The normalized spacial score (nSPS) is 11.9. The number of hydrogen-bond donors (Lipinski definition) is 1. The highest BCUT2D eigenvalue weighted by Crippen LogP contribution is 2.16. The smallest absolute Gasteiger partial charge is 0.370 e. The maximum Gasteiger partial charge on any atom is 0.411 e. The maximum atomic E-state index is 11.9. The second-order valence-corrected chi connectivity index (χ2v) is 4.73. The second kappa shape index (κ2) is 6.91. The average molecular weight is 298 g/mol. The van der Waals surface area contributed by atoms with Crippen molar-refractivity contribution in [1.82, 2.24) is 9.97 Å². The zero-order valence-corrected chi connectivity index (χ0v) is 11.3. The van der Waals surface area contributed by atoms with Gasteiger partial charge in [0.05, 0.1) is 12.3 Å². The number of anilines is 1. The van der Waals surface area contributed by atoms with Crippen LogP contribution in [-0.4, -0.2) is 29.3 Å². The predicted octanol–water partition coefficient (Wildman–Crippen LogP) is 3.28. The van der Waals surface area contributed by atoms with E-state index in [-0.39, 0.29) is 11.9 Å². The topological polar surface area (TPSA) is 47.0 Å². The molecule has 0 aromatic carbocycles. The monoisotopic (exact) mass is 297 g/mol. The highest BCUT2D eigenvalue weighted by Gasteiger charge is 2.27. The zero-order chi connectivity index (χ0) is 14.5. The Kier molecular flexibility index (Phi) is 5.81. The van der Waals surface area contributed by atoms with Gasteiger partial charge in [-0.3, -0.25) is 0 Å². The average Bonchev–Trinajstić information content (AvgIpc) is 2.24. The van der Waals surface area contributed by atoms with Gasteiger partial charge < -0.3 is 10.1 Å². The van der Waals surface area contributed by atoms with E-state index < -0.39 is 12.8 Å². The molecule has 1 aromatic heterocycles. The van der Waals surface area contributed by atoms with E-state index >= 15 is 0 Å². The Labute approximate surface area is 114 Å². The molecule has 0 aliphatic heterocycles. The van der Waals surface area contributed by atoms with Crippen LogP contribution in [0.3, 0.4) is 0 Å². The third-order valence-electron chi connectivity index (χ3n) is 1.96. The van der Waals surface area contributed by atoms with Crippen molar-refractivity contribution in [2.24, 2.45) is 5.92 Å². The minimum atomic E-state index is -4.35. The van der Waals surface area contributed by atoms with Gasteiger partial charge in [-0.15, -0.1) is 0 Å². The molecule has 1 rings (SSSR count). The Bertz CT molecular complexity index is 413. The predicted molar refractivity (Wildman–Crippen MR) is 66.1 cm³/mol. The van der Waals surface area contributed by atoms with Crippen LogP contribution < -0.4 is 5.32 Å². The number of alkyl halides is 3. The van der Waals surface area contributed by atoms with Crippen LogP contribution in [-0.2, 0) is 11.3 Å². The number of ether oxygens (including phenoxy) is 1. The Balaban J connectivity index is 2.58. The van der Waals surface area contributed by atoms with Crippen LogP contribution in [0.25, 0.3) is 0 Å². The number of aromatic nitrogens is 2. The molecule has 0 unspecified atom stereocenters. The molecule has 1 heterocycles. The van der Waals surface area contributed by atoms with Crippen molar-refractivity contribution in [3.63, 3.8) is 0 Å². The molecule has 0 aliphatic rings. The third-order valence-corrected chi connectivity index (χ3v) is 2.13. The van der Waals surface area contributed by atoms with Crippen molar-refractivity contribution in [3.8, 4) is 0 Å². The fourth-order valence-corrected chi connectivity index (χ4v) is 1.41. The Morgan fingerprint density at radius 1 is 1.37 bits per heavy atom. The summed E-state index contributed by atoms with van der Waals surface area (Å²) in [7, 11) is 0. The minimum Gasteiger partial charge on any atom is -0.370 e. The molecule has 0 saturated carbocycles. The molecule has 19 heavy (non-hydrogen) atoms. The number of halogens is 4. The lowest BCUT2D eigenvalue weighted by molar-refractivity contribution is -0.176. The lowest BCUT2D eigenvalue weighted by Crippen LogP contribution is -2.17. The number of nitrogens with one attached hydrogen (secondary N) is 1. The van der Waals surface area contributed by atoms with Gasteiger partial charge in [0.25, 0.3) is 0 Å². The fraction of sp³-hybridized carbons (Fsp3) is 0.636. The first-order chi connectivity index (χ1) is 8.76. The molecule has 0 amide bonds. The van der Waals surface area contributed by atoms with Crippen molar-refractivity contribution < 1.29 is 17.9 Å². The molecule has 4 nitrogen and oxygen atoms in total. The molecular formula is C11H15ClF3N3O. The van der Waals surface area contributed by atoms with Crippen LogP contribution >= 0.6 is 11.6 Å². The summed E-state index contributed by atoms with van der Waals surface area (Å²) in [5, 5.41) is 2.99. The summed E-state index contributed by atoms with van der Waals surface area (Å²) in [5.74, 6) is 0.873. The maximum absolute atomic E-state index is 11.9. The highest BCUT2D eigenvalue weighted by molar-refractivity contribution is 6.28. The van der Waals surface area contributed by atoms with Crippen molar-refractivity contribution in [2.75, 3.05) is 18.5 Å². The third kappa shape index (κ3) is 7.17. The van der Waals surface area contributed by atoms with Crippen molar-refractivity contribution in [1.29, 1.82) is 0 Å². The highest BCUT2D eigenvalue weighted by atomic mass is 35.5. The fourth-order valence-electron chi connectivity index (χ4n) is 1.21. The van der Waals surface area contributed by atoms with Gasteiger partial charge in [0, 0.05) is 12.6 Å². The van der Waals surface area contributed by atoms with Crippen LogP contribution in [0.5, 0.6) is 0 Å². The van der Waals surface area contributed by atoms with E-state index in [0.717, 1.165) is 0 Å². The molecule has 0 spiro atoms. The van der Waals surface area contributed by atoms with Crippen LogP contribution in [0, 0.1) is 5.92 Å². The summed E-state index contributed by atoms with van der Waals surface area (Å²) in [5.41, 5.74) is 0.301. The zero-order valence-electron chi connectivity index (χ0n) is 10.6. The minimum absolute atomic E-state index is 0.0284. The summed E-state index contributed by atoms with van der Waals surface area (Å²) in [6.07, 6.45) is -4.35. The van der Waals surface area contributed by atoms with Gasteiger partial charge in [0.15, 0.2) is 0 Å². The molecule has 1 N–H and O–H groups in total. The van der Waals surface area contributed by atoms with E-state index in [9.17, 15) is 13.2 Å². The summed E-state index contributed by atoms with van der Waals surface area (Å²) in [6.45, 7) is 3.13. The summed E-state index contributed by atoms with van der Waals surface area (Å²) in [6, 6.07) is 1.52. The largest absolute Gasteiger partial charge is 0.411 e. The molecule has 8 heteroatoms. The SMILES string of the molecule is CC(C)CNc1cc(COCC(F)(F)F)nc(Cl)n1. The second-order valence-electron chi connectivity index (χ2n) is 4.40. The van der Waals surface area contributed by atoms with E-state index in [1.807, 2.05) is 13.8 Å². The first-order valence-electron chi connectivity index (χ1n) is 5.68. The number of hydrogen-bond acceptors (Lipinski definition) is 4. The molecule has 0 atom stereocenters. The standard InChI is InChI=1S/C11H15ClF3N3O/c1-7(2)4-16-9-3-8(17-10(12)18-9)5-19-6-11(13,14)15/h3,7H,4-6H2,1-2H3,(H,16,17,18). The van der Waals surface area contributed by atoms with E-state index in [4.69, 9.17) is 11.6 Å². The summed E-state index contributed by atoms with van der Waals surface area (Å²) in [4.78, 5) is 7.73. The lowest BCUT2D eigenvalue weighted by atomic mass is 10.2. The van der Waals surface area contributed by atoms with E-state index in [1.165, 1.54) is 6.07 Å². The van der Waals surface area contributed by atoms with Gasteiger partial charge >= 0.3 is 6.18 Å². The van der Waals surface area contributed by atoms with E-state index in [2.05, 4.69) is 20.0 Å². The van der Waals surface area contributed by atoms with Gasteiger partial charge in [0.2, 0.25) is 5.28 Å². The molecule has 1 aromatic rings. The quantitative estimate of drug-likeness (QED) is 0.819. The Hall–Kier alpha value is -1.08. The van der Waals surface area contributed by atoms with Gasteiger partial charge in [-0.1, -0.05) is 13.8 Å². The van der Waals surface area contributed by atoms with Gasteiger partial charge in [-0.25, -0.2) is 9.97 Å². The molecule has 0 saturated heterocycles. The van der Waals surface area contributed by atoms with Gasteiger partial charge in [-0.2, -0.15) is 13.2 Å². The molecule has 0 radical (unpaired) electrons. The molecule has 0 fully saturated rings. The number of rotatable bonds is 6. The molecule has 108 valence electrons. The van der Waals surface area contributed by atoms with Crippen LogP contribution in [0.15, 0.2) is 6.07 Å². The Morgan fingerprint density at radius 3 is 2.63 bits per heavy atom. The van der Waals surface area contributed by atoms with Crippen molar-refractivity contribution in [2.45, 2.75) is 26.6 Å². The van der Waals surface area contributed by atoms with E-state index in [0.29, 0.717) is 24.0 Å². The Morgan fingerprint density at radius 2 is 2.05 bits per heavy atom. The molecule has 0 aliphatic carbocycles.